The zero-order valence-corrected chi connectivity index (χ0v) is 15.6. The van der Waals surface area contributed by atoms with Crippen LogP contribution >= 0.6 is 0 Å². The number of hydrogen-bond donors (Lipinski definition) is 1. The predicted octanol–water partition coefficient (Wildman–Crippen LogP) is 4.38. The third-order valence-corrected chi connectivity index (χ3v) is 5.88. The van der Waals surface area contributed by atoms with E-state index >= 15 is 0 Å². The van der Waals surface area contributed by atoms with Gasteiger partial charge in [0.15, 0.2) is 9.84 Å². The van der Waals surface area contributed by atoms with Crippen molar-refractivity contribution in [1.82, 2.24) is 0 Å². The number of benzene rings is 3. The highest BCUT2D eigenvalue weighted by Crippen LogP contribution is 2.21. The van der Waals surface area contributed by atoms with Crippen LogP contribution in [0, 0.1) is 0 Å². The summed E-state index contributed by atoms with van der Waals surface area (Å²) in [5, 5.41) is 4.44. The summed E-state index contributed by atoms with van der Waals surface area (Å²) in [4.78, 5) is 12.3. The van der Waals surface area contributed by atoms with Crippen LogP contribution in [-0.4, -0.2) is 20.1 Å². The van der Waals surface area contributed by atoms with Crippen LogP contribution < -0.4 is 5.32 Å². The molecule has 0 unspecified atom stereocenters. The van der Waals surface area contributed by atoms with Crippen molar-refractivity contribution in [2.24, 2.45) is 0 Å². The largest absolute Gasteiger partial charge is 0.325 e. The second-order valence-corrected chi connectivity index (χ2v) is 8.58. The molecule has 0 fully saturated rings. The smallest absolute Gasteiger partial charge is 0.239 e. The number of rotatable bonds is 5. The van der Waals surface area contributed by atoms with Crippen molar-refractivity contribution in [3.05, 3.63) is 72.3 Å². The Balaban J connectivity index is 1.74. The van der Waals surface area contributed by atoms with E-state index in [0.717, 1.165) is 16.3 Å². The number of amides is 1. The van der Waals surface area contributed by atoms with Gasteiger partial charge in [-0.15, -0.1) is 0 Å². The van der Waals surface area contributed by atoms with E-state index in [1.165, 1.54) is 0 Å². The molecule has 4 nitrogen and oxygen atoms in total. The maximum absolute atomic E-state index is 12.6. The van der Waals surface area contributed by atoms with Crippen LogP contribution in [0.25, 0.3) is 10.8 Å². The molecule has 3 aromatic carbocycles. The molecule has 1 amide bonds. The van der Waals surface area contributed by atoms with Crippen molar-refractivity contribution in [3.63, 3.8) is 0 Å². The predicted molar refractivity (Wildman–Crippen MR) is 105 cm³/mol. The summed E-state index contributed by atoms with van der Waals surface area (Å²) in [6.07, 6.45) is 0. The summed E-state index contributed by atoms with van der Waals surface area (Å²) >= 11 is 0. The molecule has 0 aliphatic rings. The van der Waals surface area contributed by atoms with Crippen molar-refractivity contribution >= 4 is 32.2 Å². The standard InChI is InChI=1S/C21H21NO3S/c1-15(2)16-7-10-19(11-8-16)22-21(23)14-26(24,25)20-12-9-17-5-3-4-6-18(17)13-20/h3-13,15H,14H2,1-2H3,(H,22,23). The zero-order chi connectivity index (χ0) is 18.7. The van der Waals surface area contributed by atoms with Crippen LogP contribution in [-0.2, 0) is 14.6 Å². The Hall–Kier alpha value is -2.66. The molecule has 0 saturated heterocycles. The second-order valence-electron chi connectivity index (χ2n) is 6.59. The molecule has 0 heterocycles. The minimum Gasteiger partial charge on any atom is -0.325 e. The summed E-state index contributed by atoms with van der Waals surface area (Å²) < 4.78 is 25.1. The van der Waals surface area contributed by atoms with Crippen LogP contribution in [0.5, 0.6) is 0 Å². The van der Waals surface area contributed by atoms with E-state index in [9.17, 15) is 13.2 Å². The van der Waals surface area contributed by atoms with E-state index in [2.05, 4.69) is 19.2 Å². The third kappa shape index (κ3) is 4.11. The first-order chi connectivity index (χ1) is 12.3. The summed E-state index contributed by atoms with van der Waals surface area (Å²) in [5.41, 5.74) is 1.75. The number of hydrogen-bond acceptors (Lipinski definition) is 3. The van der Waals surface area contributed by atoms with Gasteiger partial charge in [-0.1, -0.05) is 56.3 Å². The van der Waals surface area contributed by atoms with E-state index in [0.29, 0.717) is 11.6 Å². The highest BCUT2D eigenvalue weighted by molar-refractivity contribution is 7.92. The number of fused-ring (bicyclic) bond motifs is 1. The van der Waals surface area contributed by atoms with Crippen LogP contribution in [0.4, 0.5) is 5.69 Å². The lowest BCUT2D eigenvalue weighted by atomic mass is 10.0. The Morgan fingerprint density at radius 1 is 0.923 bits per heavy atom. The van der Waals surface area contributed by atoms with E-state index in [1.807, 2.05) is 36.4 Å². The molecule has 134 valence electrons. The first kappa shape index (κ1) is 18.1. The molecule has 0 atom stereocenters. The average Bonchev–Trinajstić information content (AvgIpc) is 2.61. The SMILES string of the molecule is CC(C)c1ccc(NC(=O)CS(=O)(=O)c2ccc3ccccc3c2)cc1. The van der Waals surface area contributed by atoms with Gasteiger partial charge in [-0.05, 0) is 46.5 Å². The molecule has 3 aromatic rings. The van der Waals surface area contributed by atoms with Gasteiger partial charge in [-0.2, -0.15) is 0 Å². The Kier molecular flexibility index (Phi) is 5.09. The van der Waals surface area contributed by atoms with Crippen LogP contribution in [0.1, 0.15) is 25.3 Å². The van der Waals surface area contributed by atoms with E-state index < -0.39 is 21.5 Å². The van der Waals surface area contributed by atoms with Gasteiger partial charge in [0.2, 0.25) is 5.91 Å². The topological polar surface area (TPSA) is 63.2 Å². The van der Waals surface area contributed by atoms with E-state index in [4.69, 9.17) is 0 Å². The molecule has 0 spiro atoms. The van der Waals surface area contributed by atoms with Gasteiger partial charge in [0.05, 0.1) is 4.90 Å². The Morgan fingerprint density at radius 3 is 2.23 bits per heavy atom. The zero-order valence-electron chi connectivity index (χ0n) is 14.8. The average molecular weight is 367 g/mol. The molecule has 5 heteroatoms. The van der Waals surface area contributed by atoms with Crippen LogP contribution in [0.15, 0.2) is 71.6 Å². The first-order valence-corrected chi connectivity index (χ1v) is 10.1. The van der Waals surface area contributed by atoms with Gasteiger partial charge in [0, 0.05) is 5.69 Å². The normalized spacial score (nSPS) is 11.7. The maximum atomic E-state index is 12.6. The number of anilines is 1. The number of carbonyl (C=O) groups excluding carboxylic acids is 1. The molecular weight excluding hydrogens is 346 g/mol. The minimum absolute atomic E-state index is 0.154. The Morgan fingerprint density at radius 2 is 1.58 bits per heavy atom. The number of nitrogens with one attached hydrogen (secondary N) is 1. The molecule has 26 heavy (non-hydrogen) atoms. The first-order valence-electron chi connectivity index (χ1n) is 8.46. The second kappa shape index (κ2) is 7.30. The highest BCUT2D eigenvalue weighted by atomic mass is 32.2. The Bertz CT molecular complexity index is 1040. The third-order valence-electron chi connectivity index (χ3n) is 4.26. The lowest BCUT2D eigenvalue weighted by Crippen LogP contribution is -2.23. The van der Waals surface area contributed by atoms with Crippen molar-refractivity contribution in [3.8, 4) is 0 Å². The summed E-state index contributed by atoms with van der Waals surface area (Å²) in [7, 11) is -3.70. The molecular formula is C21H21NO3S. The van der Waals surface area contributed by atoms with Crippen molar-refractivity contribution in [2.45, 2.75) is 24.7 Å². The van der Waals surface area contributed by atoms with Crippen LogP contribution in [0.3, 0.4) is 0 Å². The number of carbonyl (C=O) groups is 1. The number of sulfone groups is 1. The molecule has 0 saturated carbocycles. The van der Waals surface area contributed by atoms with Gasteiger partial charge >= 0.3 is 0 Å². The van der Waals surface area contributed by atoms with Gasteiger partial charge < -0.3 is 5.32 Å². The molecule has 3 rings (SSSR count). The molecule has 0 aromatic heterocycles. The van der Waals surface area contributed by atoms with Crippen LogP contribution in [0.2, 0.25) is 0 Å². The fraction of sp³-hybridized carbons (Fsp3) is 0.190. The molecule has 0 radical (unpaired) electrons. The fourth-order valence-corrected chi connectivity index (χ4v) is 3.93. The summed E-state index contributed by atoms with van der Waals surface area (Å²) in [6.45, 7) is 4.17. The highest BCUT2D eigenvalue weighted by Gasteiger charge is 2.20. The Labute approximate surface area is 153 Å². The lowest BCUT2D eigenvalue weighted by molar-refractivity contribution is -0.113. The summed E-state index contributed by atoms with van der Waals surface area (Å²) in [5.74, 6) is -0.736. The van der Waals surface area contributed by atoms with Crippen molar-refractivity contribution < 1.29 is 13.2 Å². The fourth-order valence-electron chi connectivity index (χ4n) is 2.77. The van der Waals surface area contributed by atoms with Crippen molar-refractivity contribution in [2.75, 3.05) is 11.1 Å². The van der Waals surface area contributed by atoms with Gasteiger partial charge in [-0.25, -0.2) is 8.42 Å². The minimum atomic E-state index is -3.70. The molecule has 0 bridgehead atoms. The summed E-state index contributed by atoms with van der Waals surface area (Å²) in [6, 6.07) is 19.9. The van der Waals surface area contributed by atoms with Gasteiger partial charge in [0.25, 0.3) is 0 Å². The molecule has 0 aliphatic carbocycles. The van der Waals surface area contributed by atoms with E-state index in [-0.39, 0.29) is 4.90 Å². The van der Waals surface area contributed by atoms with E-state index in [1.54, 1.807) is 30.3 Å². The lowest BCUT2D eigenvalue weighted by Gasteiger charge is -2.09. The monoisotopic (exact) mass is 367 g/mol. The van der Waals surface area contributed by atoms with Gasteiger partial charge in [0.1, 0.15) is 5.75 Å². The maximum Gasteiger partial charge on any atom is 0.239 e. The molecule has 0 aliphatic heterocycles. The van der Waals surface area contributed by atoms with Gasteiger partial charge in [-0.3, -0.25) is 4.79 Å². The quantitative estimate of drug-likeness (QED) is 0.728. The molecule has 1 N–H and O–H groups in total. The van der Waals surface area contributed by atoms with Crippen molar-refractivity contribution in [1.29, 1.82) is 0 Å².